The van der Waals surface area contributed by atoms with Crippen molar-refractivity contribution in [3.63, 3.8) is 0 Å². The fourth-order valence-electron chi connectivity index (χ4n) is 5.52. The standard InChI is InChI=1S/C37H22ClN3O/c38-31-20-19-30(33-29-13-7-8-14-32(29)42-34(31)33)37-40-35(25-11-5-2-6-12-25)39-36(41-37)27-18-16-24-15-17-26(21-28(24)22-27)23-9-3-1-4-10-23/h1-22H. The molecule has 0 amide bonds. The maximum atomic E-state index is 6.61. The zero-order valence-electron chi connectivity index (χ0n) is 22.3. The summed E-state index contributed by atoms with van der Waals surface area (Å²) in [5.74, 6) is 1.76. The lowest BCUT2D eigenvalue weighted by molar-refractivity contribution is 0.669. The number of hydrogen-bond donors (Lipinski definition) is 0. The Kier molecular flexibility index (Phi) is 5.80. The molecule has 2 aromatic heterocycles. The van der Waals surface area contributed by atoms with Crippen LogP contribution in [0.5, 0.6) is 0 Å². The maximum absolute atomic E-state index is 6.61. The zero-order valence-corrected chi connectivity index (χ0v) is 23.1. The summed E-state index contributed by atoms with van der Waals surface area (Å²) in [6.45, 7) is 0. The van der Waals surface area contributed by atoms with Crippen LogP contribution in [-0.4, -0.2) is 15.0 Å². The largest absolute Gasteiger partial charge is 0.454 e. The Morgan fingerprint density at radius 3 is 1.88 bits per heavy atom. The molecule has 0 bridgehead atoms. The van der Waals surface area contributed by atoms with Crippen molar-refractivity contribution in [2.24, 2.45) is 0 Å². The molecule has 198 valence electrons. The molecule has 8 rings (SSSR count). The molecule has 0 aliphatic carbocycles. The number of furan rings is 1. The van der Waals surface area contributed by atoms with Gasteiger partial charge in [-0.3, -0.25) is 0 Å². The van der Waals surface area contributed by atoms with Crippen LogP contribution in [-0.2, 0) is 0 Å². The quantitative estimate of drug-likeness (QED) is 0.215. The summed E-state index contributed by atoms with van der Waals surface area (Å²) in [6.07, 6.45) is 0. The molecule has 0 radical (unpaired) electrons. The molecule has 8 aromatic rings. The third-order valence-electron chi connectivity index (χ3n) is 7.59. The molecule has 42 heavy (non-hydrogen) atoms. The van der Waals surface area contributed by atoms with Crippen LogP contribution >= 0.6 is 11.6 Å². The minimum Gasteiger partial charge on any atom is -0.454 e. The summed E-state index contributed by atoms with van der Waals surface area (Å²) in [5, 5.41) is 4.67. The molecule has 0 saturated heterocycles. The van der Waals surface area contributed by atoms with Crippen molar-refractivity contribution in [2.75, 3.05) is 0 Å². The van der Waals surface area contributed by atoms with E-state index < -0.39 is 0 Å². The van der Waals surface area contributed by atoms with E-state index >= 15 is 0 Å². The Morgan fingerprint density at radius 1 is 0.476 bits per heavy atom. The first-order chi connectivity index (χ1) is 20.7. The predicted molar refractivity (Wildman–Crippen MR) is 171 cm³/mol. The van der Waals surface area contributed by atoms with E-state index in [1.54, 1.807) is 0 Å². The highest BCUT2D eigenvalue weighted by Crippen LogP contribution is 2.40. The lowest BCUT2D eigenvalue weighted by Crippen LogP contribution is -2.00. The first kappa shape index (κ1) is 24.5. The number of para-hydroxylation sites is 1. The lowest BCUT2D eigenvalue weighted by atomic mass is 9.99. The van der Waals surface area contributed by atoms with Crippen molar-refractivity contribution < 1.29 is 4.42 Å². The van der Waals surface area contributed by atoms with Crippen LogP contribution in [0.2, 0.25) is 5.02 Å². The van der Waals surface area contributed by atoms with E-state index in [9.17, 15) is 0 Å². The SMILES string of the molecule is Clc1ccc(-c2nc(-c3ccccc3)nc(-c3ccc4ccc(-c5ccccc5)cc4c3)n2)c2c1oc1ccccc12. The maximum Gasteiger partial charge on any atom is 0.164 e. The molecular weight excluding hydrogens is 538 g/mol. The van der Waals surface area contributed by atoms with Crippen LogP contribution in [0.3, 0.4) is 0 Å². The van der Waals surface area contributed by atoms with Gasteiger partial charge in [-0.15, -0.1) is 0 Å². The summed E-state index contributed by atoms with van der Waals surface area (Å²) in [7, 11) is 0. The van der Waals surface area contributed by atoms with E-state index in [1.165, 1.54) is 5.56 Å². The predicted octanol–water partition coefficient (Wildman–Crippen LogP) is 10.2. The van der Waals surface area contributed by atoms with Crippen molar-refractivity contribution in [1.29, 1.82) is 0 Å². The number of rotatable bonds is 4. The fourth-order valence-corrected chi connectivity index (χ4v) is 5.72. The highest BCUT2D eigenvalue weighted by atomic mass is 35.5. The first-order valence-corrected chi connectivity index (χ1v) is 14.1. The van der Waals surface area contributed by atoms with Gasteiger partial charge in [-0.25, -0.2) is 15.0 Å². The minimum absolute atomic E-state index is 0.547. The minimum atomic E-state index is 0.547. The number of benzene rings is 6. The number of hydrogen-bond acceptors (Lipinski definition) is 4. The normalized spacial score (nSPS) is 11.5. The number of fused-ring (bicyclic) bond motifs is 4. The average Bonchev–Trinajstić information content (AvgIpc) is 3.46. The van der Waals surface area contributed by atoms with Crippen molar-refractivity contribution in [1.82, 2.24) is 15.0 Å². The van der Waals surface area contributed by atoms with Crippen LogP contribution in [0.25, 0.3) is 78.0 Å². The Morgan fingerprint density at radius 2 is 1.10 bits per heavy atom. The van der Waals surface area contributed by atoms with Crippen molar-refractivity contribution in [2.45, 2.75) is 0 Å². The van der Waals surface area contributed by atoms with Crippen molar-refractivity contribution >= 4 is 44.3 Å². The van der Waals surface area contributed by atoms with Crippen LogP contribution in [0.1, 0.15) is 0 Å². The molecule has 5 heteroatoms. The topological polar surface area (TPSA) is 51.8 Å². The van der Waals surface area contributed by atoms with Crippen LogP contribution < -0.4 is 0 Å². The Labute approximate surface area is 246 Å². The first-order valence-electron chi connectivity index (χ1n) is 13.7. The second kappa shape index (κ2) is 9.95. The van der Waals surface area contributed by atoms with Gasteiger partial charge in [0.2, 0.25) is 0 Å². The molecule has 2 heterocycles. The number of nitrogens with zero attached hydrogens (tertiary/aromatic N) is 3. The van der Waals surface area contributed by atoms with Gasteiger partial charge in [0.15, 0.2) is 23.1 Å². The second-order valence-corrected chi connectivity index (χ2v) is 10.6. The highest BCUT2D eigenvalue weighted by Gasteiger charge is 2.19. The van der Waals surface area contributed by atoms with E-state index in [0.29, 0.717) is 28.1 Å². The molecule has 4 nitrogen and oxygen atoms in total. The molecule has 0 aliphatic rings. The molecule has 0 aliphatic heterocycles. The molecule has 0 saturated carbocycles. The van der Waals surface area contributed by atoms with Gasteiger partial charge in [0, 0.05) is 27.5 Å². The van der Waals surface area contributed by atoms with Gasteiger partial charge in [0.1, 0.15) is 5.58 Å². The molecule has 6 aromatic carbocycles. The van der Waals surface area contributed by atoms with Gasteiger partial charge in [0.25, 0.3) is 0 Å². The zero-order chi connectivity index (χ0) is 28.0. The van der Waals surface area contributed by atoms with E-state index in [4.69, 9.17) is 31.0 Å². The van der Waals surface area contributed by atoms with Crippen LogP contribution in [0, 0.1) is 0 Å². The summed E-state index contributed by atoms with van der Waals surface area (Å²) in [5.41, 5.74) is 6.40. The number of aromatic nitrogens is 3. The molecule has 0 fully saturated rings. The van der Waals surface area contributed by atoms with Crippen LogP contribution in [0.15, 0.2) is 138 Å². The van der Waals surface area contributed by atoms with Gasteiger partial charge in [0.05, 0.1) is 5.02 Å². The third kappa shape index (κ3) is 4.21. The third-order valence-corrected chi connectivity index (χ3v) is 7.89. The fraction of sp³-hybridized carbons (Fsp3) is 0. The van der Waals surface area contributed by atoms with E-state index in [0.717, 1.165) is 49.4 Å². The molecule has 0 spiro atoms. The second-order valence-electron chi connectivity index (χ2n) is 10.2. The van der Waals surface area contributed by atoms with Gasteiger partial charge in [-0.05, 0) is 52.2 Å². The van der Waals surface area contributed by atoms with E-state index in [-0.39, 0.29) is 0 Å². The lowest BCUT2D eigenvalue weighted by Gasteiger charge is -2.10. The van der Waals surface area contributed by atoms with Gasteiger partial charge in [-0.2, -0.15) is 0 Å². The monoisotopic (exact) mass is 559 g/mol. The average molecular weight is 560 g/mol. The molecule has 0 unspecified atom stereocenters. The summed E-state index contributed by atoms with van der Waals surface area (Å²) in [4.78, 5) is 15.0. The Hall–Kier alpha value is -5.32. The molecule has 0 N–H and O–H groups in total. The van der Waals surface area contributed by atoms with Gasteiger partial charge < -0.3 is 4.42 Å². The Balaban J connectivity index is 1.35. The summed E-state index contributed by atoms with van der Waals surface area (Å²) >= 11 is 6.61. The van der Waals surface area contributed by atoms with Crippen LogP contribution in [0.4, 0.5) is 0 Å². The molecule has 0 atom stereocenters. The van der Waals surface area contributed by atoms with E-state index in [1.807, 2.05) is 72.8 Å². The van der Waals surface area contributed by atoms with Gasteiger partial charge >= 0.3 is 0 Å². The van der Waals surface area contributed by atoms with Crippen molar-refractivity contribution in [3.8, 4) is 45.3 Å². The smallest absolute Gasteiger partial charge is 0.164 e. The number of halogens is 1. The van der Waals surface area contributed by atoms with E-state index in [2.05, 4.69) is 60.7 Å². The van der Waals surface area contributed by atoms with Gasteiger partial charge in [-0.1, -0.05) is 115 Å². The summed E-state index contributed by atoms with van der Waals surface area (Å²) in [6, 6.07) is 45.0. The Bertz CT molecular complexity index is 2260. The molecular formula is C37H22ClN3O. The summed E-state index contributed by atoms with van der Waals surface area (Å²) < 4.78 is 6.17. The highest BCUT2D eigenvalue weighted by molar-refractivity contribution is 6.36. The van der Waals surface area contributed by atoms with Crippen molar-refractivity contribution in [3.05, 3.63) is 138 Å².